The van der Waals surface area contributed by atoms with E-state index in [1.54, 1.807) is 6.92 Å². The summed E-state index contributed by atoms with van der Waals surface area (Å²) in [6.45, 7) is 6.08. The fourth-order valence-electron chi connectivity index (χ4n) is 4.96. The lowest BCUT2D eigenvalue weighted by Crippen LogP contribution is -2.30. The van der Waals surface area contributed by atoms with Gasteiger partial charge in [-0.15, -0.1) is 0 Å². The highest BCUT2D eigenvalue weighted by Gasteiger charge is 2.35. The summed E-state index contributed by atoms with van der Waals surface area (Å²) in [4.78, 5) is 35.3. The molecule has 0 aliphatic heterocycles. The van der Waals surface area contributed by atoms with E-state index in [4.69, 9.17) is 14.2 Å². The first-order valence-electron chi connectivity index (χ1n) is 12.0. The number of ether oxygens (including phenoxy) is 3. The van der Waals surface area contributed by atoms with E-state index in [1.807, 2.05) is 0 Å². The zero-order valence-electron chi connectivity index (χ0n) is 19.4. The Hall–Kier alpha value is -1.85. The van der Waals surface area contributed by atoms with E-state index >= 15 is 0 Å². The molecule has 2 aliphatic rings. The summed E-state index contributed by atoms with van der Waals surface area (Å²) in [6.07, 6.45) is 11.7. The van der Waals surface area contributed by atoms with E-state index in [9.17, 15) is 14.4 Å². The van der Waals surface area contributed by atoms with Crippen LogP contribution in [0.25, 0.3) is 0 Å². The van der Waals surface area contributed by atoms with Gasteiger partial charge in [-0.2, -0.15) is 0 Å². The van der Waals surface area contributed by atoms with Crippen molar-refractivity contribution in [2.75, 3.05) is 20.3 Å². The molecule has 0 unspecified atom stereocenters. The van der Waals surface area contributed by atoms with Crippen LogP contribution >= 0.6 is 0 Å². The molecule has 0 N–H and O–H groups in total. The highest BCUT2D eigenvalue weighted by Crippen LogP contribution is 2.41. The number of carbonyl (C=O) groups is 3. The van der Waals surface area contributed by atoms with E-state index in [1.165, 1.54) is 7.11 Å². The third kappa shape index (κ3) is 8.66. The molecule has 0 atom stereocenters. The number of rotatable bonds is 11. The molecule has 0 aromatic carbocycles. The van der Waals surface area contributed by atoms with E-state index in [-0.39, 0.29) is 29.7 Å². The Morgan fingerprint density at radius 2 is 1.16 bits per heavy atom. The zero-order valence-corrected chi connectivity index (χ0v) is 19.4. The molecule has 0 spiro atoms. The molecule has 0 heterocycles. The fourth-order valence-corrected chi connectivity index (χ4v) is 4.96. The van der Waals surface area contributed by atoms with Crippen molar-refractivity contribution in [1.82, 2.24) is 0 Å². The maximum absolute atomic E-state index is 12.4. The maximum atomic E-state index is 12.4. The standard InChI is InChI=1S/C25H40O6/c1-18(2)23(26)30-16-6-4-5-7-17-31-25(28)22-14-10-20(11-15-22)19-8-12-21(13-9-19)24(27)29-3/h19-22H,1,4-17H2,2-3H3. The number of hydrogen-bond donors (Lipinski definition) is 0. The van der Waals surface area contributed by atoms with Crippen molar-refractivity contribution in [3.05, 3.63) is 12.2 Å². The first-order valence-corrected chi connectivity index (χ1v) is 12.0. The highest BCUT2D eigenvalue weighted by molar-refractivity contribution is 5.86. The van der Waals surface area contributed by atoms with Crippen LogP contribution < -0.4 is 0 Å². The average molecular weight is 437 g/mol. The van der Waals surface area contributed by atoms with E-state index in [2.05, 4.69) is 6.58 Å². The van der Waals surface area contributed by atoms with Crippen molar-refractivity contribution in [2.45, 2.75) is 84.0 Å². The van der Waals surface area contributed by atoms with Gasteiger partial charge in [-0.3, -0.25) is 9.59 Å². The lowest BCUT2D eigenvalue weighted by atomic mass is 9.69. The fraction of sp³-hybridized carbons (Fsp3) is 0.800. The Morgan fingerprint density at radius 1 is 0.710 bits per heavy atom. The molecule has 2 aliphatic carbocycles. The van der Waals surface area contributed by atoms with Crippen molar-refractivity contribution in [1.29, 1.82) is 0 Å². The van der Waals surface area contributed by atoms with Crippen LogP contribution in [-0.2, 0) is 28.6 Å². The maximum Gasteiger partial charge on any atom is 0.333 e. The second-order valence-corrected chi connectivity index (χ2v) is 9.24. The van der Waals surface area contributed by atoms with Gasteiger partial charge in [0.2, 0.25) is 0 Å². The predicted octanol–water partition coefficient (Wildman–Crippen LogP) is 5.00. The van der Waals surface area contributed by atoms with Crippen molar-refractivity contribution in [2.24, 2.45) is 23.7 Å². The third-order valence-electron chi connectivity index (χ3n) is 6.94. The first kappa shape index (κ1) is 25.4. The van der Waals surface area contributed by atoms with Crippen LogP contribution in [0.4, 0.5) is 0 Å². The summed E-state index contributed by atoms with van der Waals surface area (Å²) in [5.41, 5.74) is 0.423. The number of hydrogen-bond acceptors (Lipinski definition) is 6. The highest BCUT2D eigenvalue weighted by atomic mass is 16.5. The second-order valence-electron chi connectivity index (χ2n) is 9.24. The van der Waals surface area contributed by atoms with Crippen LogP contribution in [0.3, 0.4) is 0 Å². The average Bonchev–Trinajstić information content (AvgIpc) is 2.80. The summed E-state index contributed by atoms with van der Waals surface area (Å²) < 4.78 is 15.4. The normalized spacial score (nSPS) is 26.0. The summed E-state index contributed by atoms with van der Waals surface area (Å²) >= 11 is 0. The Balaban J connectivity index is 1.51. The third-order valence-corrected chi connectivity index (χ3v) is 6.94. The molecule has 0 radical (unpaired) electrons. The largest absolute Gasteiger partial charge is 0.469 e. The predicted molar refractivity (Wildman–Crippen MR) is 118 cm³/mol. The topological polar surface area (TPSA) is 78.9 Å². The Labute approximate surface area is 187 Å². The molecule has 2 saturated carbocycles. The molecule has 31 heavy (non-hydrogen) atoms. The van der Waals surface area contributed by atoms with Gasteiger partial charge < -0.3 is 14.2 Å². The number of unbranched alkanes of at least 4 members (excludes halogenated alkanes) is 3. The van der Waals surface area contributed by atoms with Crippen molar-refractivity contribution >= 4 is 17.9 Å². The second kappa shape index (κ2) is 13.5. The quantitative estimate of drug-likeness (QED) is 0.196. The smallest absolute Gasteiger partial charge is 0.333 e. The Kier molecular flexibility index (Phi) is 11.1. The lowest BCUT2D eigenvalue weighted by Gasteiger charge is -2.36. The van der Waals surface area contributed by atoms with Gasteiger partial charge in [0.05, 0.1) is 32.2 Å². The Bertz CT molecular complexity index is 597. The van der Waals surface area contributed by atoms with E-state index in [0.717, 1.165) is 77.0 Å². The number of carbonyl (C=O) groups excluding carboxylic acids is 3. The summed E-state index contributed by atoms with van der Waals surface area (Å²) in [5, 5.41) is 0. The molecular weight excluding hydrogens is 396 g/mol. The van der Waals surface area contributed by atoms with Gasteiger partial charge in [0.15, 0.2) is 0 Å². The lowest BCUT2D eigenvalue weighted by molar-refractivity contribution is -0.151. The van der Waals surface area contributed by atoms with Crippen molar-refractivity contribution in [3.8, 4) is 0 Å². The van der Waals surface area contributed by atoms with E-state index < -0.39 is 0 Å². The molecule has 0 aromatic heterocycles. The Morgan fingerprint density at radius 3 is 1.61 bits per heavy atom. The van der Waals surface area contributed by atoms with Crippen LogP contribution in [0, 0.1) is 23.7 Å². The molecule has 6 heteroatoms. The molecule has 6 nitrogen and oxygen atoms in total. The number of esters is 3. The summed E-state index contributed by atoms with van der Waals surface area (Å²) in [5.74, 6) is 1.06. The molecule has 176 valence electrons. The molecule has 0 saturated heterocycles. The molecule has 0 aromatic rings. The van der Waals surface area contributed by atoms with Crippen LogP contribution in [-0.4, -0.2) is 38.2 Å². The monoisotopic (exact) mass is 436 g/mol. The van der Waals surface area contributed by atoms with Crippen molar-refractivity contribution in [3.63, 3.8) is 0 Å². The van der Waals surface area contributed by atoms with Gasteiger partial charge in [0, 0.05) is 5.57 Å². The minimum atomic E-state index is -0.336. The van der Waals surface area contributed by atoms with Gasteiger partial charge >= 0.3 is 17.9 Å². The first-order chi connectivity index (χ1) is 14.9. The van der Waals surface area contributed by atoms with Gasteiger partial charge in [-0.1, -0.05) is 6.58 Å². The molecule has 2 fully saturated rings. The molecule has 0 bridgehead atoms. The van der Waals surface area contributed by atoms with Crippen LogP contribution in [0.2, 0.25) is 0 Å². The zero-order chi connectivity index (χ0) is 22.6. The molecule has 0 amide bonds. The minimum absolute atomic E-state index is 0.0387. The summed E-state index contributed by atoms with van der Waals surface area (Å²) in [7, 11) is 1.47. The molecule has 2 rings (SSSR count). The van der Waals surface area contributed by atoms with Crippen molar-refractivity contribution < 1.29 is 28.6 Å². The van der Waals surface area contributed by atoms with Crippen LogP contribution in [0.1, 0.15) is 84.0 Å². The molecular formula is C25H40O6. The van der Waals surface area contributed by atoms with E-state index in [0.29, 0.717) is 30.6 Å². The van der Waals surface area contributed by atoms with Gasteiger partial charge in [0.1, 0.15) is 0 Å². The number of methoxy groups -OCH3 is 1. The van der Waals surface area contributed by atoms with Gasteiger partial charge in [0.25, 0.3) is 0 Å². The van der Waals surface area contributed by atoms with Crippen LogP contribution in [0.5, 0.6) is 0 Å². The van der Waals surface area contributed by atoms with Crippen LogP contribution in [0.15, 0.2) is 12.2 Å². The van der Waals surface area contributed by atoms with Gasteiger partial charge in [-0.25, -0.2) is 4.79 Å². The SMILES string of the molecule is C=C(C)C(=O)OCCCCCCOC(=O)C1CCC(C2CCC(C(=O)OC)CC2)CC1. The minimum Gasteiger partial charge on any atom is -0.469 e. The summed E-state index contributed by atoms with van der Waals surface area (Å²) in [6, 6.07) is 0. The van der Waals surface area contributed by atoms with Gasteiger partial charge in [-0.05, 0) is 95.8 Å².